The van der Waals surface area contributed by atoms with Crippen molar-refractivity contribution in [3.8, 4) is 5.88 Å². The monoisotopic (exact) mass is 516 g/mol. The van der Waals surface area contributed by atoms with E-state index in [-0.39, 0.29) is 68.7 Å². The first kappa shape index (κ1) is 25.4. The van der Waals surface area contributed by atoms with Gasteiger partial charge in [-0.25, -0.2) is 18.4 Å². The number of aromatic nitrogens is 2. The van der Waals surface area contributed by atoms with Crippen molar-refractivity contribution in [2.75, 3.05) is 11.9 Å². The van der Waals surface area contributed by atoms with Crippen molar-refractivity contribution in [1.29, 1.82) is 0 Å². The fourth-order valence-electron chi connectivity index (χ4n) is 2.89. The van der Waals surface area contributed by atoms with Crippen molar-refractivity contribution in [1.82, 2.24) is 9.97 Å². The van der Waals surface area contributed by atoms with E-state index in [4.69, 9.17) is 4.74 Å². The second-order valence-corrected chi connectivity index (χ2v) is 9.58. The smallest absolute Gasteiger partial charge is 0.744 e. The number of benzene rings is 1. The number of hydrogen-bond donors (Lipinski definition) is 2. The van der Waals surface area contributed by atoms with Crippen LogP contribution in [0.3, 0.4) is 0 Å². The summed E-state index contributed by atoms with van der Waals surface area (Å²) in [6.07, 6.45) is 0.00998. The summed E-state index contributed by atoms with van der Waals surface area (Å²) in [4.78, 5) is 35.6. The molecule has 0 atom stereocenters. The number of carbonyl (C=O) groups is 2. The minimum atomic E-state index is -4.75. The number of hydrogen-bond acceptors (Lipinski definition) is 12. The summed E-state index contributed by atoms with van der Waals surface area (Å²) in [6.45, 7) is 1.97. The van der Waals surface area contributed by atoms with Crippen molar-refractivity contribution in [2.24, 2.45) is 4.99 Å². The quantitative estimate of drug-likeness (QED) is 0.193. The van der Waals surface area contributed by atoms with E-state index < -0.39 is 32.8 Å². The third-order valence-corrected chi connectivity index (χ3v) is 6.81. The van der Waals surface area contributed by atoms with Gasteiger partial charge in [0.1, 0.15) is 15.0 Å². The maximum Gasteiger partial charge on any atom is 1.00 e. The van der Waals surface area contributed by atoms with E-state index >= 15 is 0 Å². The average molecular weight is 517 g/mol. The van der Waals surface area contributed by atoms with Gasteiger partial charge in [0.15, 0.2) is 10.3 Å². The van der Waals surface area contributed by atoms with Crippen LogP contribution in [-0.2, 0) is 30.9 Å². The summed E-state index contributed by atoms with van der Waals surface area (Å²) < 4.78 is 38.9. The van der Waals surface area contributed by atoms with Gasteiger partial charge in [-0.1, -0.05) is 11.3 Å². The molecule has 0 unspecified atom stereocenters. The van der Waals surface area contributed by atoms with E-state index in [1.165, 1.54) is 17.4 Å². The Morgan fingerprint density at radius 3 is 2.73 bits per heavy atom. The number of ether oxygens (including phenoxy) is 1. The molecule has 0 bridgehead atoms. The summed E-state index contributed by atoms with van der Waals surface area (Å²) in [5, 5.41) is 15.8. The van der Waals surface area contributed by atoms with E-state index in [2.05, 4.69) is 20.3 Å². The van der Waals surface area contributed by atoms with Gasteiger partial charge in [-0.3, -0.25) is 9.59 Å². The van der Waals surface area contributed by atoms with Gasteiger partial charge in [0, 0.05) is 10.6 Å². The van der Waals surface area contributed by atoms with Crippen LogP contribution in [0.4, 0.5) is 10.3 Å². The molecule has 1 aromatic carbocycles. The number of thiazole rings is 2. The molecule has 3 aromatic rings. The summed E-state index contributed by atoms with van der Waals surface area (Å²) in [7, 11) is -4.75. The van der Waals surface area contributed by atoms with E-state index in [1.54, 1.807) is 12.3 Å². The molecular weight excluding hydrogens is 503 g/mol. The number of nitrogens with zero attached hydrogens (tertiary/aromatic N) is 3. The number of aromatic hydroxyl groups is 1. The number of amides is 1. The van der Waals surface area contributed by atoms with Crippen LogP contribution in [0.15, 0.2) is 33.5 Å². The number of carbonyl (C=O) groups excluding carboxylic acids is 2. The topological polar surface area (TPSA) is 171 Å². The van der Waals surface area contributed by atoms with Gasteiger partial charge in [0.25, 0.3) is 5.91 Å². The van der Waals surface area contributed by atoms with Crippen molar-refractivity contribution in [3.05, 3.63) is 44.7 Å². The number of fused-ring (bicyclic) bond motifs is 1. The van der Waals surface area contributed by atoms with Crippen molar-refractivity contribution in [2.45, 2.75) is 18.2 Å². The Morgan fingerprint density at radius 2 is 2.03 bits per heavy atom. The number of esters is 1. The molecule has 0 spiro atoms. The molecule has 1 aliphatic heterocycles. The van der Waals surface area contributed by atoms with Crippen molar-refractivity contribution in [3.63, 3.8) is 0 Å². The molecule has 166 valence electrons. The van der Waals surface area contributed by atoms with Gasteiger partial charge in [-0.05, 0) is 25.1 Å². The van der Waals surface area contributed by atoms with Crippen LogP contribution in [0.25, 0.3) is 5.57 Å². The Morgan fingerprint density at radius 1 is 1.27 bits per heavy atom. The third-order valence-electron chi connectivity index (χ3n) is 4.19. The first-order valence-corrected chi connectivity index (χ1v) is 12.1. The molecule has 3 heterocycles. The second-order valence-electron chi connectivity index (χ2n) is 6.35. The van der Waals surface area contributed by atoms with Gasteiger partial charge in [0.2, 0.25) is 5.88 Å². The molecule has 0 aliphatic carbocycles. The minimum absolute atomic E-state index is 0. The van der Waals surface area contributed by atoms with Crippen molar-refractivity contribution < 1.29 is 62.0 Å². The van der Waals surface area contributed by atoms with Gasteiger partial charge in [-0.2, -0.15) is 4.98 Å². The zero-order valence-corrected chi connectivity index (χ0v) is 21.6. The maximum absolute atomic E-state index is 12.4. The molecule has 2 N–H and O–H groups in total. The van der Waals surface area contributed by atoms with E-state index in [9.17, 15) is 27.7 Å². The van der Waals surface area contributed by atoms with Crippen LogP contribution < -0.4 is 45.4 Å². The molecule has 0 saturated carbocycles. The first-order chi connectivity index (χ1) is 15.2. The molecule has 0 radical (unpaired) electrons. The Balaban J connectivity index is 0.00000306. The number of nitrogens with one attached hydrogen (secondary N) is 1. The SMILES string of the molecule is CCOC(=O)Cc1csc(Nc2nc(O)c(C3=c4cc(S(=O)(=O)[O-])ccc4=NC3=O)s2)n1.[Na+]. The first-order valence-electron chi connectivity index (χ1n) is 8.96. The van der Waals surface area contributed by atoms with Crippen LogP contribution >= 0.6 is 22.7 Å². The van der Waals surface area contributed by atoms with Crippen LogP contribution in [0, 0.1) is 0 Å². The Hall–Kier alpha value is -2.20. The van der Waals surface area contributed by atoms with Gasteiger partial charge < -0.3 is 19.7 Å². The molecule has 11 nitrogen and oxygen atoms in total. The van der Waals surface area contributed by atoms with Crippen LogP contribution in [0.2, 0.25) is 0 Å². The summed E-state index contributed by atoms with van der Waals surface area (Å²) >= 11 is 2.13. The predicted octanol–water partition coefficient (Wildman–Crippen LogP) is -2.58. The maximum atomic E-state index is 12.4. The largest absolute Gasteiger partial charge is 1.00 e. The Bertz CT molecular complexity index is 1480. The molecular formula is C18H13N4NaO7S3. The molecule has 4 rings (SSSR count). The molecule has 0 fully saturated rings. The fraction of sp³-hybridized carbons (Fsp3) is 0.167. The van der Waals surface area contributed by atoms with Crippen LogP contribution in [-0.4, -0.2) is 46.5 Å². The predicted molar refractivity (Wildman–Crippen MR) is 112 cm³/mol. The van der Waals surface area contributed by atoms with Gasteiger partial charge in [0.05, 0.1) is 34.5 Å². The molecule has 1 amide bonds. The number of anilines is 2. The van der Waals surface area contributed by atoms with Crippen molar-refractivity contribution >= 4 is 60.5 Å². The van der Waals surface area contributed by atoms with Crippen LogP contribution in [0.1, 0.15) is 17.5 Å². The second kappa shape index (κ2) is 9.97. The normalized spacial score (nSPS) is 12.7. The summed E-state index contributed by atoms with van der Waals surface area (Å²) in [5.74, 6) is -1.57. The van der Waals surface area contributed by atoms with Gasteiger partial charge in [-0.15, -0.1) is 11.3 Å². The average Bonchev–Trinajstić information content (AvgIpc) is 3.37. The van der Waals surface area contributed by atoms with Crippen LogP contribution in [0.5, 0.6) is 5.88 Å². The summed E-state index contributed by atoms with van der Waals surface area (Å²) in [5.41, 5.74) is 0.437. The fourth-order valence-corrected chi connectivity index (χ4v) is 5.07. The minimum Gasteiger partial charge on any atom is -0.744 e. The molecule has 0 saturated heterocycles. The van der Waals surface area contributed by atoms with E-state index in [0.29, 0.717) is 10.8 Å². The van der Waals surface area contributed by atoms with E-state index in [0.717, 1.165) is 23.5 Å². The Labute approximate surface area is 216 Å². The molecule has 33 heavy (non-hydrogen) atoms. The van der Waals surface area contributed by atoms with Gasteiger partial charge >= 0.3 is 35.5 Å². The standard InChI is InChI=1S/C18H14N4O7S3.Na/c1-2-29-12(23)5-8-7-30-17(19-8)22-18-21-16(25)14(31-18)13-10-6-9(32(26,27)28)3-4-11(10)20-15(13)24;/h3-4,6-7,25H,2,5H2,1H3,(H,19,21,22)(H,26,27,28);/q;+1/p-1. The molecule has 1 aliphatic rings. The number of rotatable bonds is 7. The zero-order chi connectivity index (χ0) is 23.0. The summed E-state index contributed by atoms with van der Waals surface area (Å²) in [6, 6.07) is 3.37. The van der Waals surface area contributed by atoms with E-state index in [1.807, 2.05) is 0 Å². The molecule has 2 aromatic heterocycles. The zero-order valence-electron chi connectivity index (χ0n) is 17.2. The molecule has 15 heteroatoms. The Kier molecular flexibility index (Phi) is 7.68. The third kappa shape index (κ3) is 5.48.